The summed E-state index contributed by atoms with van der Waals surface area (Å²) >= 11 is 1.29. The van der Waals surface area contributed by atoms with Crippen molar-refractivity contribution in [3.8, 4) is 0 Å². The van der Waals surface area contributed by atoms with Crippen molar-refractivity contribution in [3.63, 3.8) is 0 Å². The van der Waals surface area contributed by atoms with Gasteiger partial charge in [-0.1, -0.05) is 24.3 Å². The molecule has 6 nitrogen and oxygen atoms in total. The minimum Gasteiger partial charge on any atom is -0.378 e. The van der Waals surface area contributed by atoms with Gasteiger partial charge in [-0.05, 0) is 53.2 Å². The predicted molar refractivity (Wildman–Crippen MR) is 120 cm³/mol. The highest BCUT2D eigenvalue weighted by Crippen LogP contribution is 2.26. The van der Waals surface area contributed by atoms with Crippen molar-refractivity contribution in [2.75, 3.05) is 38.0 Å². The lowest BCUT2D eigenvalue weighted by atomic mass is 10.2. The summed E-state index contributed by atoms with van der Waals surface area (Å²) in [6.45, 7) is 0. The van der Waals surface area contributed by atoms with E-state index in [-0.39, 0.29) is 5.91 Å². The van der Waals surface area contributed by atoms with Gasteiger partial charge in [0.1, 0.15) is 0 Å². The van der Waals surface area contributed by atoms with Gasteiger partial charge in [0.25, 0.3) is 5.91 Å². The molecule has 2 aromatic rings. The van der Waals surface area contributed by atoms with Gasteiger partial charge in [-0.3, -0.25) is 10.1 Å². The first-order valence-corrected chi connectivity index (χ1v) is 9.61. The smallest absolute Gasteiger partial charge is 0.264 e. The molecule has 0 saturated carbocycles. The van der Waals surface area contributed by atoms with Crippen LogP contribution in [0.15, 0.2) is 63.6 Å². The topological polar surface area (TPSA) is 60.3 Å². The second-order valence-corrected chi connectivity index (χ2v) is 7.72. The number of hydrogen-bond donors (Lipinski definition) is 1. The molecule has 1 fully saturated rings. The Morgan fingerprint density at radius 2 is 1.39 bits per heavy atom. The number of amides is 1. The Labute approximate surface area is 169 Å². The molecule has 28 heavy (non-hydrogen) atoms. The molecule has 3 rings (SSSR count). The van der Waals surface area contributed by atoms with E-state index in [1.54, 1.807) is 6.21 Å². The molecule has 0 bridgehead atoms. The Bertz CT molecular complexity index is 928. The van der Waals surface area contributed by atoms with E-state index in [9.17, 15) is 4.79 Å². The molecule has 1 aliphatic heterocycles. The van der Waals surface area contributed by atoms with E-state index in [0.29, 0.717) is 10.1 Å². The van der Waals surface area contributed by atoms with Crippen molar-refractivity contribution in [3.05, 3.63) is 64.6 Å². The fourth-order valence-corrected chi connectivity index (χ4v) is 3.28. The highest BCUT2D eigenvalue weighted by Gasteiger charge is 2.23. The summed E-state index contributed by atoms with van der Waals surface area (Å²) < 4.78 is 0. The van der Waals surface area contributed by atoms with Gasteiger partial charge in [0.2, 0.25) is 0 Å². The molecule has 144 valence electrons. The maximum Gasteiger partial charge on any atom is 0.264 e. The van der Waals surface area contributed by atoms with Crippen LogP contribution in [0.4, 0.5) is 11.4 Å². The lowest BCUT2D eigenvalue weighted by Gasteiger charge is -2.11. The minimum atomic E-state index is -0.161. The van der Waals surface area contributed by atoms with Crippen LogP contribution in [-0.4, -0.2) is 45.5 Å². The van der Waals surface area contributed by atoms with E-state index in [4.69, 9.17) is 0 Å². The maximum atomic E-state index is 12.2. The monoisotopic (exact) mass is 393 g/mol. The molecule has 1 N–H and O–H groups in total. The highest BCUT2D eigenvalue weighted by atomic mass is 32.2. The molecule has 0 spiro atoms. The summed E-state index contributed by atoms with van der Waals surface area (Å²) in [6.07, 6.45) is 3.52. The van der Waals surface area contributed by atoms with Crippen molar-refractivity contribution >= 4 is 46.5 Å². The zero-order chi connectivity index (χ0) is 20.1. The lowest BCUT2D eigenvalue weighted by Crippen LogP contribution is -2.19. The molecule has 7 heteroatoms. The molecule has 0 atom stereocenters. The van der Waals surface area contributed by atoms with Crippen molar-refractivity contribution < 1.29 is 4.79 Å². The number of carbonyl (C=O) groups excluding carboxylic acids is 1. The van der Waals surface area contributed by atoms with E-state index in [2.05, 4.69) is 15.5 Å². The third-order valence-electron chi connectivity index (χ3n) is 4.12. The number of nitrogens with zero attached hydrogens (tertiary/aromatic N) is 4. The van der Waals surface area contributed by atoms with Crippen LogP contribution < -0.4 is 15.1 Å². The van der Waals surface area contributed by atoms with Gasteiger partial charge in [-0.2, -0.15) is 5.10 Å². The molecule has 2 aromatic carbocycles. The first-order valence-electron chi connectivity index (χ1n) is 8.79. The summed E-state index contributed by atoms with van der Waals surface area (Å²) in [5, 5.41) is 11.4. The lowest BCUT2D eigenvalue weighted by molar-refractivity contribution is -0.115. The molecular formula is C21H23N5OS. The molecule has 1 aliphatic rings. The van der Waals surface area contributed by atoms with Gasteiger partial charge in [-0.25, -0.2) is 0 Å². The Kier molecular flexibility index (Phi) is 6.16. The summed E-state index contributed by atoms with van der Waals surface area (Å²) in [6, 6.07) is 16.0. The van der Waals surface area contributed by atoms with Gasteiger partial charge in [0.15, 0.2) is 5.17 Å². The Morgan fingerprint density at radius 1 is 0.857 bits per heavy atom. The largest absolute Gasteiger partial charge is 0.378 e. The van der Waals surface area contributed by atoms with Gasteiger partial charge >= 0.3 is 0 Å². The van der Waals surface area contributed by atoms with Crippen LogP contribution in [0.5, 0.6) is 0 Å². The third-order valence-corrected chi connectivity index (χ3v) is 5.02. The molecule has 1 saturated heterocycles. The standard InChI is InChI=1S/C21H23N5OS/c1-25(2)17-9-5-15(6-10-17)13-19-20(27)23-21(28-19)24-22-14-16-7-11-18(12-8-16)26(3)4/h5-14H,1-4H3,(H,23,24,27). The second-order valence-electron chi connectivity index (χ2n) is 6.69. The van der Waals surface area contributed by atoms with E-state index < -0.39 is 0 Å². The molecule has 1 amide bonds. The molecule has 0 aromatic heterocycles. The van der Waals surface area contributed by atoms with Crippen LogP contribution in [0, 0.1) is 0 Å². The number of hydrogen-bond acceptors (Lipinski definition) is 6. The maximum absolute atomic E-state index is 12.2. The van der Waals surface area contributed by atoms with Crippen LogP contribution >= 0.6 is 11.8 Å². The summed E-state index contributed by atoms with van der Waals surface area (Å²) in [4.78, 5) is 16.8. The van der Waals surface area contributed by atoms with E-state index in [1.165, 1.54) is 11.8 Å². The van der Waals surface area contributed by atoms with Crippen molar-refractivity contribution in [1.82, 2.24) is 5.32 Å². The third kappa shape index (κ3) is 5.01. The average Bonchev–Trinajstić information content (AvgIpc) is 3.02. The van der Waals surface area contributed by atoms with Crippen molar-refractivity contribution in [2.45, 2.75) is 0 Å². The van der Waals surface area contributed by atoms with Crippen LogP contribution in [0.2, 0.25) is 0 Å². The van der Waals surface area contributed by atoms with Gasteiger partial charge in [-0.15, -0.1) is 5.10 Å². The van der Waals surface area contributed by atoms with Crippen molar-refractivity contribution in [1.29, 1.82) is 0 Å². The first-order chi connectivity index (χ1) is 13.4. The van der Waals surface area contributed by atoms with Crippen molar-refractivity contribution in [2.24, 2.45) is 10.2 Å². The average molecular weight is 394 g/mol. The minimum absolute atomic E-state index is 0.161. The Morgan fingerprint density at radius 3 is 1.93 bits per heavy atom. The van der Waals surface area contributed by atoms with E-state index >= 15 is 0 Å². The number of rotatable bonds is 5. The van der Waals surface area contributed by atoms with Crippen LogP contribution in [0.3, 0.4) is 0 Å². The predicted octanol–water partition coefficient (Wildman–Crippen LogP) is 3.41. The summed E-state index contributed by atoms with van der Waals surface area (Å²) in [5.74, 6) is -0.161. The molecule has 0 unspecified atom stereocenters. The Balaban J connectivity index is 1.66. The number of benzene rings is 2. The van der Waals surface area contributed by atoms with E-state index in [0.717, 1.165) is 22.5 Å². The number of thioether (sulfide) groups is 1. The fourth-order valence-electron chi connectivity index (χ4n) is 2.50. The van der Waals surface area contributed by atoms with Gasteiger partial charge in [0.05, 0.1) is 11.1 Å². The normalized spacial score (nSPS) is 16.8. The highest BCUT2D eigenvalue weighted by molar-refractivity contribution is 8.18. The number of nitrogens with one attached hydrogen (secondary N) is 1. The van der Waals surface area contributed by atoms with Gasteiger partial charge in [0, 0.05) is 39.6 Å². The molecule has 1 heterocycles. The number of carbonyl (C=O) groups is 1. The zero-order valence-electron chi connectivity index (χ0n) is 16.4. The number of anilines is 2. The second kappa shape index (κ2) is 8.75. The number of amidine groups is 1. The van der Waals surface area contributed by atoms with Gasteiger partial charge < -0.3 is 9.80 Å². The first kappa shape index (κ1) is 19.7. The van der Waals surface area contributed by atoms with Crippen LogP contribution in [-0.2, 0) is 4.79 Å². The quantitative estimate of drug-likeness (QED) is 0.480. The molecular weight excluding hydrogens is 370 g/mol. The summed E-state index contributed by atoms with van der Waals surface area (Å²) in [5.41, 5.74) is 4.14. The SMILES string of the molecule is CN(C)c1ccc(C=N/N=C2\NC(=O)C(=Cc3ccc(N(C)C)cc3)S2)cc1. The fraction of sp³-hybridized carbons (Fsp3) is 0.190. The Hall–Kier alpha value is -3.06. The summed E-state index contributed by atoms with van der Waals surface area (Å²) in [7, 11) is 7.98. The molecule has 0 radical (unpaired) electrons. The van der Waals surface area contributed by atoms with Crippen LogP contribution in [0.1, 0.15) is 11.1 Å². The molecule has 0 aliphatic carbocycles. The van der Waals surface area contributed by atoms with Crippen LogP contribution in [0.25, 0.3) is 6.08 Å². The van der Waals surface area contributed by atoms with E-state index in [1.807, 2.05) is 92.6 Å². The zero-order valence-corrected chi connectivity index (χ0v) is 17.2.